The number of hydrogen-bond acceptors (Lipinski definition) is 8. The number of nitrogens with one attached hydrogen (secondary N) is 2. The van der Waals surface area contributed by atoms with E-state index in [0.29, 0.717) is 28.5 Å². The first-order valence-corrected chi connectivity index (χ1v) is 22.1. The molecule has 322 valence electrons. The zero-order valence-corrected chi connectivity index (χ0v) is 35.7. The average Bonchev–Trinajstić information content (AvgIpc) is 3.74. The number of fused-ring (bicyclic) bond motifs is 3. The van der Waals surface area contributed by atoms with Crippen molar-refractivity contribution in [3.05, 3.63) is 160 Å². The van der Waals surface area contributed by atoms with E-state index in [1.165, 1.54) is 5.57 Å². The van der Waals surface area contributed by atoms with Crippen molar-refractivity contribution in [3.8, 4) is 0 Å². The lowest BCUT2D eigenvalue weighted by Crippen LogP contribution is -2.45. The van der Waals surface area contributed by atoms with Gasteiger partial charge in [-0.05, 0) is 91.7 Å². The van der Waals surface area contributed by atoms with Crippen LogP contribution in [0.25, 0.3) is 6.08 Å². The fraction of sp³-hybridized carbons (Fsp3) is 0.404. The van der Waals surface area contributed by atoms with Crippen LogP contribution in [0, 0.1) is 17.3 Å². The Bertz CT molecular complexity index is 2340. The summed E-state index contributed by atoms with van der Waals surface area (Å²) in [5.41, 5.74) is 5.96. The minimum atomic E-state index is -1.34. The van der Waals surface area contributed by atoms with Gasteiger partial charge < -0.3 is 34.7 Å². The van der Waals surface area contributed by atoms with Gasteiger partial charge in [-0.15, -0.1) is 0 Å². The zero-order chi connectivity index (χ0) is 43.1. The summed E-state index contributed by atoms with van der Waals surface area (Å²) in [6, 6.07) is 34.0. The van der Waals surface area contributed by atoms with E-state index < -0.39 is 30.1 Å². The molecule has 0 bridgehead atoms. The summed E-state index contributed by atoms with van der Waals surface area (Å²) in [6.07, 6.45) is 7.23. The van der Waals surface area contributed by atoms with Gasteiger partial charge in [0.2, 0.25) is 11.7 Å². The third-order valence-electron chi connectivity index (χ3n) is 13.9. The van der Waals surface area contributed by atoms with E-state index in [1.54, 1.807) is 24.3 Å². The van der Waals surface area contributed by atoms with Gasteiger partial charge in [0.1, 0.15) is 18.3 Å². The molecule has 0 spiro atoms. The maximum atomic E-state index is 14.6. The number of aliphatic hydroxyl groups is 1. The highest BCUT2D eigenvalue weighted by Gasteiger charge is 2.57. The number of carbonyl (C=O) groups excluding carboxylic acids is 3. The lowest BCUT2D eigenvalue weighted by atomic mass is 9.52. The highest BCUT2D eigenvalue weighted by molar-refractivity contribution is 5.96. The number of hydrogen-bond donors (Lipinski definition) is 3. The fourth-order valence-electron chi connectivity index (χ4n) is 10.4. The molecule has 2 saturated carbocycles. The summed E-state index contributed by atoms with van der Waals surface area (Å²) in [4.78, 5) is 41.3. The van der Waals surface area contributed by atoms with Gasteiger partial charge in [0, 0.05) is 41.8 Å². The number of allylic oxidation sites excluding steroid dienone is 1. The van der Waals surface area contributed by atoms with Crippen molar-refractivity contribution in [3.63, 3.8) is 0 Å². The molecule has 10 nitrogen and oxygen atoms in total. The first kappa shape index (κ1) is 41.9. The number of benzene rings is 4. The molecule has 7 atom stereocenters. The van der Waals surface area contributed by atoms with Crippen LogP contribution >= 0.6 is 0 Å². The number of epoxide rings is 1. The van der Waals surface area contributed by atoms with Gasteiger partial charge in [0.15, 0.2) is 0 Å². The Balaban J connectivity index is 1.01. The van der Waals surface area contributed by atoms with Gasteiger partial charge >= 0.3 is 5.97 Å². The van der Waals surface area contributed by atoms with Gasteiger partial charge in [0.05, 0.1) is 23.9 Å². The van der Waals surface area contributed by atoms with E-state index in [1.807, 2.05) is 91.0 Å². The van der Waals surface area contributed by atoms with Crippen molar-refractivity contribution in [1.29, 1.82) is 0 Å². The number of ether oxygens (including phenoxy) is 4. The van der Waals surface area contributed by atoms with Crippen molar-refractivity contribution in [2.45, 2.75) is 102 Å². The summed E-state index contributed by atoms with van der Waals surface area (Å²) in [5, 5.41) is 14.8. The fourth-order valence-corrected chi connectivity index (χ4v) is 10.4. The average molecular weight is 837 g/mol. The lowest BCUT2D eigenvalue weighted by Gasteiger charge is -2.53. The normalized spacial score (nSPS) is 28.6. The smallest absolute Gasteiger partial charge is 0.339 e. The summed E-state index contributed by atoms with van der Waals surface area (Å²) in [6.45, 7) is 7.13. The minimum absolute atomic E-state index is 0.0236. The Morgan fingerprint density at radius 1 is 0.823 bits per heavy atom. The predicted octanol–water partition coefficient (Wildman–Crippen LogP) is 8.04. The first-order chi connectivity index (χ1) is 30.0. The number of rotatable bonds is 11. The Kier molecular flexibility index (Phi) is 11.5. The third-order valence-corrected chi connectivity index (χ3v) is 13.9. The second-order valence-corrected chi connectivity index (χ2v) is 18.4. The Morgan fingerprint density at radius 2 is 1.55 bits per heavy atom. The predicted molar refractivity (Wildman–Crippen MR) is 235 cm³/mol. The largest absolute Gasteiger partial charge is 0.456 e. The summed E-state index contributed by atoms with van der Waals surface area (Å²) < 4.78 is 26.7. The van der Waals surface area contributed by atoms with E-state index in [4.69, 9.17) is 24.1 Å². The standard InChI is InChI=1S/C52H56N2O8/c1-50(2)31-41-35(21-22-45-51(3,61-45)24-23-42(41)50)28-34-14-10-11-20-40(34)49(58)59-43-29-37(48(57)54-32-33-13-12-15-36(27-33)47(56)53-25-26-55)30-44-46(43)62-52(60-44,38-16-6-4-7-17-38)39-18-8-5-9-19-39/h4-20,27-28,30,41-46,55H,21-26,29,31-32H2,1-3H3,(H,53,56)(H,54,57). The topological polar surface area (TPSA) is 136 Å². The van der Waals surface area contributed by atoms with Gasteiger partial charge in [-0.3, -0.25) is 9.59 Å². The lowest BCUT2D eigenvalue weighted by molar-refractivity contribution is -0.157. The number of esters is 1. The minimum Gasteiger partial charge on any atom is -0.456 e. The molecule has 0 radical (unpaired) electrons. The molecule has 2 aliphatic heterocycles. The van der Waals surface area contributed by atoms with Crippen LogP contribution in [0.3, 0.4) is 0 Å². The van der Waals surface area contributed by atoms with Crippen molar-refractivity contribution < 1.29 is 38.4 Å². The van der Waals surface area contributed by atoms with E-state index in [9.17, 15) is 14.4 Å². The van der Waals surface area contributed by atoms with E-state index in [-0.39, 0.29) is 55.1 Å². The molecular formula is C52H56N2O8. The van der Waals surface area contributed by atoms with Gasteiger partial charge in [-0.1, -0.05) is 116 Å². The van der Waals surface area contributed by atoms with Gasteiger partial charge in [-0.25, -0.2) is 4.79 Å². The molecule has 4 fully saturated rings. The van der Waals surface area contributed by atoms with Gasteiger partial charge in [0.25, 0.3) is 5.91 Å². The highest BCUT2D eigenvalue weighted by Crippen LogP contribution is 2.60. The molecule has 7 unspecified atom stereocenters. The number of amides is 2. The van der Waals surface area contributed by atoms with E-state index >= 15 is 0 Å². The molecule has 2 amide bonds. The number of carbonyl (C=O) groups is 3. The van der Waals surface area contributed by atoms with Crippen molar-refractivity contribution in [2.75, 3.05) is 13.2 Å². The van der Waals surface area contributed by atoms with E-state index in [0.717, 1.165) is 54.4 Å². The van der Waals surface area contributed by atoms with Gasteiger partial charge in [-0.2, -0.15) is 0 Å². The third kappa shape index (κ3) is 8.29. The van der Waals surface area contributed by atoms with Crippen molar-refractivity contribution in [1.82, 2.24) is 10.6 Å². The summed E-state index contributed by atoms with van der Waals surface area (Å²) in [7, 11) is 0. The quantitative estimate of drug-likeness (QED) is 0.102. The number of aliphatic hydroxyl groups excluding tert-OH is 1. The molecule has 3 N–H and O–H groups in total. The molecule has 0 aromatic heterocycles. The molecule has 2 heterocycles. The van der Waals surface area contributed by atoms with Crippen LogP contribution in [-0.4, -0.2) is 66.1 Å². The van der Waals surface area contributed by atoms with Crippen LogP contribution in [0.2, 0.25) is 0 Å². The Labute approximate surface area is 363 Å². The van der Waals surface area contributed by atoms with Crippen molar-refractivity contribution >= 4 is 23.9 Å². The maximum absolute atomic E-state index is 14.6. The summed E-state index contributed by atoms with van der Waals surface area (Å²) >= 11 is 0. The first-order valence-electron chi connectivity index (χ1n) is 22.1. The molecule has 3 aliphatic carbocycles. The Hall–Kier alpha value is -5.39. The zero-order valence-electron chi connectivity index (χ0n) is 35.7. The van der Waals surface area contributed by atoms with Crippen LogP contribution in [0.4, 0.5) is 0 Å². The van der Waals surface area contributed by atoms with Crippen molar-refractivity contribution in [2.24, 2.45) is 17.3 Å². The maximum Gasteiger partial charge on any atom is 0.339 e. The molecule has 5 aliphatic rings. The molecule has 4 aromatic carbocycles. The SMILES string of the molecule is CC1(C)CC2C(=Cc3ccccc3C(=O)OC3CC(C(=O)NCc4cccc(C(=O)NCCO)c4)=CC4OC(c5ccccc5)(c5ccccc5)OC43)CCC3OC3(C)CCC21. The molecule has 62 heavy (non-hydrogen) atoms. The molecule has 10 heteroatoms. The monoisotopic (exact) mass is 836 g/mol. The van der Waals surface area contributed by atoms with Crippen LogP contribution < -0.4 is 10.6 Å². The van der Waals surface area contributed by atoms with Crippen LogP contribution in [0.1, 0.15) is 102 Å². The highest BCUT2D eigenvalue weighted by atomic mass is 16.8. The second kappa shape index (κ2) is 17.1. The molecular weight excluding hydrogens is 781 g/mol. The summed E-state index contributed by atoms with van der Waals surface area (Å²) in [5.74, 6) is -1.48. The molecule has 4 aromatic rings. The second-order valence-electron chi connectivity index (χ2n) is 18.4. The van der Waals surface area contributed by atoms with Crippen LogP contribution in [-0.2, 0) is 36.1 Å². The molecule has 2 saturated heterocycles. The van der Waals surface area contributed by atoms with E-state index in [2.05, 4.69) is 37.5 Å². The van der Waals surface area contributed by atoms with Crippen LogP contribution in [0.15, 0.2) is 126 Å². The Morgan fingerprint density at radius 3 is 2.27 bits per heavy atom. The van der Waals surface area contributed by atoms with Crippen LogP contribution in [0.5, 0.6) is 0 Å². The molecule has 9 rings (SSSR count).